The van der Waals surface area contributed by atoms with E-state index >= 15 is 0 Å². The fourth-order valence-electron chi connectivity index (χ4n) is 2.44. The van der Waals surface area contributed by atoms with E-state index in [0.29, 0.717) is 12.2 Å². The second kappa shape index (κ2) is 6.22. The van der Waals surface area contributed by atoms with E-state index in [0.717, 1.165) is 5.56 Å². The molecule has 0 saturated carbocycles. The summed E-state index contributed by atoms with van der Waals surface area (Å²) in [4.78, 5) is 29.4. The molecule has 2 atom stereocenters. The Morgan fingerprint density at radius 1 is 1.52 bits per heavy atom. The quantitative estimate of drug-likeness (QED) is 0.907. The molecule has 1 fully saturated rings. The van der Waals surface area contributed by atoms with E-state index in [9.17, 15) is 14.7 Å². The number of carboxylic acid groups (broad SMARTS) is 1. The van der Waals surface area contributed by atoms with Crippen LogP contribution < -0.4 is 0 Å². The number of carbonyl (C=O) groups is 2. The van der Waals surface area contributed by atoms with Gasteiger partial charge in [0, 0.05) is 12.7 Å². The second-order valence-electron chi connectivity index (χ2n) is 5.72. The van der Waals surface area contributed by atoms with E-state index in [4.69, 9.17) is 4.74 Å². The van der Waals surface area contributed by atoms with E-state index in [2.05, 4.69) is 4.98 Å². The second-order valence-corrected chi connectivity index (χ2v) is 5.72. The first-order valence-electron chi connectivity index (χ1n) is 6.96. The van der Waals surface area contributed by atoms with Gasteiger partial charge in [0.1, 0.15) is 12.6 Å². The summed E-state index contributed by atoms with van der Waals surface area (Å²) in [6.45, 7) is 6.15. The van der Waals surface area contributed by atoms with Crippen LogP contribution in [0.1, 0.15) is 31.1 Å². The first kappa shape index (κ1) is 15.4. The highest BCUT2D eigenvalue weighted by molar-refractivity contribution is 5.82. The smallest absolute Gasteiger partial charge is 0.335 e. The normalized spacial score (nSPS) is 22.7. The van der Waals surface area contributed by atoms with Gasteiger partial charge in [-0.25, -0.2) is 4.79 Å². The zero-order chi connectivity index (χ0) is 15.6. The van der Waals surface area contributed by atoms with Crippen LogP contribution in [0.25, 0.3) is 0 Å². The first-order chi connectivity index (χ1) is 9.90. The molecule has 114 valence electrons. The fraction of sp³-hybridized carbons (Fsp3) is 0.533. The molecule has 1 aliphatic rings. The van der Waals surface area contributed by atoms with Crippen LogP contribution in [0, 0.1) is 12.8 Å². The number of carbonyl (C=O) groups excluding carboxylic acids is 1. The molecule has 0 bridgehead atoms. The van der Waals surface area contributed by atoms with Gasteiger partial charge in [0.15, 0.2) is 6.10 Å². The lowest BCUT2D eigenvalue weighted by Gasteiger charge is -2.39. The van der Waals surface area contributed by atoms with Crippen molar-refractivity contribution in [1.29, 1.82) is 0 Å². The van der Waals surface area contributed by atoms with Gasteiger partial charge in [-0.3, -0.25) is 9.78 Å². The van der Waals surface area contributed by atoms with Gasteiger partial charge >= 0.3 is 5.97 Å². The number of hydrogen-bond donors (Lipinski definition) is 1. The van der Waals surface area contributed by atoms with Crippen molar-refractivity contribution in [2.45, 2.75) is 32.9 Å². The predicted molar refractivity (Wildman–Crippen MR) is 75.6 cm³/mol. The maximum absolute atomic E-state index is 12.1. The Bertz CT molecular complexity index is 527. The fourth-order valence-corrected chi connectivity index (χ4v) is 2.44. The summed E-state index contributed by atoms with van der Waals surface area (Å²) in [6, 6.07) is 2.92. The van der Waals surface area contributed by atoms with Crippen molar-refractivity contribution in [2.24, 2.45) is 5.92 Å². The minimum atomic E-state index is -1.09. The molecule has 0 radical (unpaired) electrons. The number of ether oxygens (including phenoxy) is 1. The molecule has 2 unspecified atom stereocenters. The number of morpholine rings is 1. The Kier molecular flexibility index (Phi) is 4.57. The molecule has 21 heavy (non-hydrogen) atoms. The highest BCUT2D eigenvalue weighted by Gasteiger charge is 2.42. The Morgan fingerprint density at radius 2 is 2.24 bits per heavy atom. The number of aryl methyl sites for hydroxylation is 1. The van der Waals surface area contributed by atoms with Crippen LogP contribution in [-0.2, 0) is 14.3 Å². The van der Waals surface area contributed by atoms with Gasteiger partial charge in [-0.1, -0.05) is 19.9 Å². The molecule has 6 heteroatoms. The summed E-state index contributed by atoms with van der Waals surface area (Å²) in [5.41, 5.74) is 1.52. The Hall–Kier alpha value is -1.95. The van der Waals surface area contributed by atoms with Crippen LogP contribution in [0.3, 0.4) is 0 Å². The number of aliphatic carboxylic acids is 1. The molecule has 6 nitrogen and oxygen atoms in total. The third kappa shape index (κ3) is 3.39. The monoisotopic (exact) mass is 292 g/mol. The van der Waals surface area contributed by atoms with Crippen molar-refractivity contribution >= 4 is 11.9 Å². The van der Waals surface area contributed by atoms with E-state index in [1.165, 1.54) is 0 Å². The molecular weight excluding hydrogens is 272 g/mol. The molecule has 2 rings (SSSR count). The molecule has 2 heterocycles. The van der Waals surface area contributed by atoms with Gasteiger partial charge in [-0.05, 0) is 24.5 Å². The Morgan fingerprint density at radius 3 is 2.76 bits per heavy atom. The maximum Gasteiger partial charge on any atom is 0.335 e. The van der Waals surface area contributed by atoms with Crippen molar-refractivity contribution in [2.75, 3.05) is 13.2 Å². The summed E-state index contributed by atoms with van der Waals surface area (Å²) in [5.74, 6) is -1.05. The lowest BCUT2D eigenvalue weighted by Crippen LogP contribution is -2.53. The summed E-state index contributed by atoms with van der Waals surface area (Å²) < 4.78 is 5.23. The SMILES string of the molecule is Cc1ccc(C2C(C(=O)O)OCC(=O)N2CC(C)C)nc1. The van der Waals surface area contributed by atoms with Crippen LogP contribution in [0.4, 0.5) is 0 Å². The van der Waals surface area contributed by atoms with Crippen LogP contribution in [0.15, 0.2) is 18.3 Å². The van der Waals surface area contributed by atoms with E-state index < -0.39 is 18.1 Å². The van der Waals surface area contributed by atoms with Crippen LogP contribution in [0.2, 0.25) is 0 Å². The molecule has 0 spiro atoms. The minimum absolute atomic E-state index is 0.200. The third-order valence-electron chi connectivity index (χ3n) is 3.37. The molecular formula is C15H20N2O4. The van der Waals surface area contributed by atoms with Gasteiger partial charge < -0.3 is 14.7 Å². The van der Waals surface area contributed by atoms with Crippen molar-refractivity contribution in [3.05, 3.63) is 29.6 Å². The van der Waals surface area contributed by atoms with Crippen molar-refractivity contribution in [3.8, 4) is 0 Å². The standard InChI is InChI=1S/C15H20N2O4/c1-9(2)7-17-12(18)8-21-14(15(19)20)13(17)11-5-4-10(3)6-16-11/h4-6,9,13-14H,7-8H2,1-3H3,(H,19,20). The van der Waals surface area contributed by atoms with Crippen molar-refractivity contribution in [3.63, 3.8) is 0 Å². The highest BCUT2D eigenvalue weighted by Crippen LogP contribution is 2.30. The van der Waals surface area contributed by atoms with E-state index in [1.807, 2.05) is 26.8 Å². The molecule has 1 aliphatic heterocycles. The Labute approximate surface area is 123 Å². The topological polar surface area (TPSA) is 79.7 Å². The summed E-state index contributed by atoms with van der Waals surface area (Å²) >= 11 is 0. The summed E-state index contributed by atoms with van der Waals surface area (Å²) in [7, 11) is 0. The lowest BCUT2D eigenvalue weighted by atomic mass is 10.0. The van der Waals surface area contributed by atoms with Gasteiger partial charge in [0.2, 0.25) is 5.91 Å². The van der Waals surface area contributed by atoms with Crippen LogP contribution in [0.5, 0.6) is 0 Å². The Balaban J connectivity index is 2.40. The number of amides is 1. The molecule has 0 aromatic carbocycles. The number of aromatic nitrogens is 1. The van der Waals surface area contributed by atoms with E-state index in [-0.39, 0.29) is 18.4 Å². The average Bonchev–Trinajstić information content (AvgIpc) is 2.41. The van der Waals surface area contributed by atoms with Gasteiger partial charge in [0.05, 0.1) is 5.69 Å². The molecule has 1 N–H and O–H groups in total. The number of nitrogens with zero attached hydrogens (tertiary/aromatic N) is 2. The van der Waals surface area contributed by atoms with Gasteiger partial charge in [0.25, 0.3) is 0 Å². The van der Waals surface area contributed by atoms with Crippen LogP contribution in [-0.4, -0.2) is 46.1 Å². The molecule has 1 aromatic heterocycles. The number of rotatable bonds is 4. The zero-order valence-corrected chi connectivity index (χ0v) is 12.4. The molecule has 1 aromatic rings. The largest absolute Gasteiger partial charge is 0.479 e. The number of hydrogen-bond acceptors (Lipinski definition) is 4. The van der Waals surface area contributed by atoms with Crippen LogP contribution >= 0.6 is 0 Å². The third-order valence-corrected chi connectivity index (χ3v) is 3.37. The predicted octanol–water partition coefficient (Wildman–Crippen LogP) is 1.40. The number of pyridine rings is 1. The maximum atomic E-state index is 12.1. The van der Waals surface area contributed by atoms with Crippen molar-refractivity contribution in [1.82, 2.24) is 9.88 Å². The zero-order valence-electron chi connectivity index (χ0n) is 12.4. The molecule has 1 saturated heterocycles. The first-order valence-corrected chi connectivity index (χ1v) is 6.96. The summed E-state index contributed by atoms with van der Waals surface area (Å²) in [5, 5.41) is 9.37. The highest BCUT2D eigenvalue weighted by atomic mass is 16.5. The lowest BCUT2D eigenvalue weighted by molar-refractivity contribution is -0.174. The molecule has 0 aliphatic carbocycles. The summed E-state index contributed by atoms with van der Waals surface area (Å²) in [6.07, 6.45) is 0.581. The van der Waals surface area contributed by atoms with E-state index in [1.54, 1.807) is 17.2 Å². The number of carboxylic acids is 1. The average molecular weight is 292 g/mol. The van der Waals surface area contributed by atoms with Crippen molar-refractivity contribution < 1.29 is 19.4 Å². The minimum Gasteiger partial charge on any atom is -0.479 e. The molecule has 1 amide bonds. The van der Waals surface area contributed by atoms with Gasteiger partial charge in [-0.15, -0.1) is 0 Å². The van der Waals surface area contributed by atoms with Gasteiger partial charge in [-0.2, -0.15) is 0 Å².